The van der Waals surface area contributed by atoms with Gasteiger partial charge in [0, 0.05) is 97.3 Å². The van der Waals surface area contributed by atoms with Crippen LogP contribution in [0.2, 0.25) is 0 Å². The average molecular weight is 1060 g/mol. The molecule has 0 fully saturated rings. The van der Waals surface area contributed by atoms with Crippen LogP contribution in [0.5, 0.6) is 23.0 Å². The molecule has 0 aliphatic carbocycles. The largest absolute Gasteiger partial charge is 0.456 e. The van der Waals surface area contributed by atoms with Gasteiger partial charge < -0.3 is 46.0 Å². The highest BCUT2D eigenvalue weighted by atomic mass is 16.5. The van der Waals surface area contributed by atoms with E-state index in [9.17, 15) is 28.8 Å². The molecule has 2 aliphatic rings. The van der Waals surface area contributed by atoms with Gasteiger partial charge in [-0.1, -0.05) is 42.5 Å². The lowest BCUT2D eigenvalue weighted by Crippen LogP contribution is -2.29. The zero-order chi connectivity index (χ0) is 54.8. The summed E-state index contributed by atoms with van der Waals surface area (Å²) < 4.78 is 12.5. The van der Waals surface area contributed by atoms with Crippen LogP contribution in [0.3, 0.4) is 0 Å². The number of aromatic nitrogens is 2. The standard InChI is InChI=1S/C63H45N9O8/c1-3-65-37-18-26-45-47-28-20-39(32-53(47)70-51(45)30-37)68-63(78)67-35-15-23-41(24-16-35)72-60(75)49-10-6-12-55(57(49)62(72)77)80-43-8-4-7-42(33-43)79-54-11-5-9-48-56(54)61(76)71(59(48)74)40-21-13-34(14-22-40)58(73)66-38-19-27-46-44-25-17-36(64-2)29-50(44)69-52(46)31-38/h4-33,64-65,69-70H,3H2,1-2H3,(H,66,73)(H2,67,68,78). The lowest BCUT2D eigenvalue weighted by atomic mass is 10.1. The molecular formula is C63H45N9O8. The Kier molecular flexibility index (Phi) is 11.8. The normalized spacial score (nSPS) is 12.8. The van der Waals surface area contributed by atoms with Crippen molar-refractivity contribution in [2.24, 2.45) is 0 Å². The number of fused-ring (bicyclic) bond motifs is 8. The number of nitrogens with zero attached hydrogens (tertiary/aromatic N) is 2. The molecule has 2 aliphatic heterocycles. The van der Waals surface area contributed by atoms with Crippen molar-refractivity contribution in [1.82, 2.24) is 9.97 Å². The lowest BCUT2D eigenvalue weighted by molar-refractivity contribution is 0.0909. The zero-order valence-electron chi connectivity index (χ0n) is 42.7. The monoisotopic (exact) mass is 1060 g/mol. The zero-order valence-corrected chi connectivity index (χ0v) is 42.7. The topological polar surface area (TPSA) is 219 Å². The lowest BCUT2D eigenvalue weighted by Gasteiger charge is -2.15. The van der Waals surface area contributed by atoms with Gasteiger partial charge in [-0.15, -0.1) is 0 Å². The van der Waals surface area contributed by atoms with Crippen LogP contribution < -0.4 is 45.9 Å². The molecule has 0 saturated heterocycles. The van der Waals surface area contributed by atoms with Gasteiger partial charge in [0.25, 0.3) is 29.5 Å². The van der Waals surface area contributed by atoms with Crippen molar-refractivity contribution in [2.45, 2.75) is 6.92 Å². The minimum Gasteiger partial charge on any atom is -0.456 e. The van der Waals surface area contributed by atoms with Crippen molar-refractivity contribution in [3.05, 3.63) is 210 Å². The SMILES string of the molecule is CCNc1ccc2c(c1)[nH]c1cc(NC(=O)Nc3ccc(N4C(=O)c5cccc(Oc6cccc(Oc7cccc8c7C(=O)N(c7ccc(C(=O)Nc9ccc%10c(c9)[nH]c9cc(NC)ccc9%10)cc7)C8=O)c6)c5C4=O)cc3)ccc12. The molecule has 2 aromatic heterocycles. The highest BCUT2D eigenvalue weighted by molar-refractivity contribution is 6.36. The average Bonchev–Trinajstić information content (AvgIpc) is 4.20. The number of nitrogens with one attached hydrogen (secondary N) is 7. The molecule has 0 spiro atoms. The van der Waals surface area contributed by atoms with E-state index in [1.807, 2.05) is 74.6 Å². The smallest absolute Gasteiger partial charge is 0.323 e. The summed E-state index contributed by atoms with van der Waals surface area (Å²) in [7, 11) is 1.86. The van der Waals surface area contributed by atoms with Gasteiger partial charge in [-0.2, -0.15) is 0 Å². The van der Waals surface area contributed by atoms with E-state index in [0.29, 0.717) is 22.6 Å². The van der Waals surface area contributed by atoms with Crippen molar-refractivity contribution in [3.63, 3.8) is 0 Å². The summed E-state index contributed by atoms with van der Waals surface area (Å²) in [5.41, 5.74) is 8.53. The third-order valence-electron chi connectivity index (χ3n) is 14.2. The summed E-state index contributed by atoms with van der Waals surface area (Å²) in [6.07, 6.45) is 0. The number of hydrogen-bond acceptors (Lipinski definition) is 10. The number of benzene rings is 9. The van der Waals surface area contributed by atoms with E-state index in [4.69, 9.17) is 9.47 Å². The van der Waals surface area contributed by atoms with E-state index in [1.165, 1.54) is 0 Å². The highest BCUT2D eigenvalue weighted by Gasteiger charge is 2.41. The number of urea groups is 1. The molecule has 390 valence electrons. The Hall–Kier alpha value is -11.2. The molecule has 17 nitrogen and oxygen atoms in total. The van der Waals surface area contributed by atoms with Crippen LogP contribution in [0.1, 0.15) is 58.7 Å². The van der Waals surface area contributed by atoms with Gasteiger partial charge in [0.2, 0.25) is 0 Å². The van der Waals surface area contributed by atoms with Crippen molar-refractivity contribution in [2.75, 3.05) is 50.0 Å². The van der Waals surface area contributed by atoms with Gasteiger partial charge in [-0.25, -0.2) is 14.6 Å². The summed E-state index contributed by atoms with van der Waals surface area (Å²) in [4.78, 5) is 91.4. The molecule has 13 rings (SSSR count). The fraction of sp³-hybridized carbons (Fsp3) is 0.0476. The molecule has 0 bridgehead atoms. The maximum absolute atomic E-state index is 14.1. The van der Waals surface area contributed by atoms with Crippen molar-refractivity contribution in [3.8, 4) is 23.0 Å². The van der Waals surface area contributed by atoms with E-state index < -0.39 is 29.7 Å². The number of aromatic amines is 2. The van der Waals surface area contributed by atoms with Crippen LogP contribution in [0, 0.1) is 0 Å². The number of amides is 7. The number of ether oxygens (including phenoxy) is 2. The molecule has 0 radical (unpaired) electrons. The van der Waals surface area contributed by atoms with Crippen molar-refractivity contribution < 1.29 is 38.2 Å². The maximum Gasteiger partial charge on any atom is 0.323 e. The molecule has 9 aromatic carbocycles. The summed E-state index contributed by atoms with van der Waals surface area (Å²) >= 11 is 0. The summed E-state index contributed by atoms with van der Waals surface area (Å²) in [6.45, 7) is 2.85. The molecule has 0 atom stereocenters. The number of hydrogen-bond donors (Lipinski definition) is 7. The predicted octanol–water partition coefficient (Wildman–Crippen LogP) is 13.5. The van der Waals surface area contributed by atoms with E-state index in [1.54, 1.807) is 109 Å². The Balaban J connectivity index is 0.657. The van der Waals surface area contributed by atoms with Gasteiger partial charge in [-0.3, -0.25) is 24.0 Å². The third kappa shape index (κ3) is 8.56. The molecular weight excluding hydrogens is 1010 g/mol. The predicted molar refractivity (Wildman–Crippen MR) is 311 cm³/mol. The molecule has 17 heteroatoms. The highest BCUT2D eigenvalue weighted by Crippen LogP contribution is 2.40. The van der Waals surface area contributed by atoms with E-state index in [0.717, 1.165) is 71.3 Å². The quantitative estimate of drug-likeness (QED) is 0.0542. The van der Waals surface area contributed by atoms with Crippen LogP contribution in [0.15, 0.2) is 182 Å². The third-order valence-corrected chi connectivity index (χ3v) is 14.2. The first-order chi connectivity index (χ1) is 39.0. The molecule has 7 amide bonds. The molecule has 7 N–H and O–H groups in total. The maximum atomic E-state index is 14.1. The first-order valence-corrected chi connectivity index (χ1v) is 25.6. The fourth-order valence-corrected chi connectivity index (χ4v) is 10.4. The molecule has 0 saturated carbocycles. The Morgan fingerprint density at radius 3 is 1.39 bits per heavy atom. The first-order valence-electron chi connectivity index (χ1n) is 25.6. The van der Waals surface area contributed by atoms with Gasteiger partial charge in [-0.05, 0) is 140 Å². The van der Waals surface area contributed by atoms with E-state index in [-0.39, 0.29) is 62.5 Å². The Labute approximate surface area is 455 Å². The second kappa shape index (κ2) is 19.4. The van der Waals surface area contributed by atoms with Gasteiger partial charge >= 0.3 is 6.03 Å². The fourth-order valence-electron chi connectivity index (χ4n) is 10.4. The molecule has 11 aromatic rings. The molecule has 80 heavy (non-hydrogen) atoms. The van der Waals surface area contributed by atoms with E-state index in [2.05, 4.69) is 48.7 Å². The minimum absolute atomic E-state index is 0.0517. The van der Waals surface area contributed by atoms with E-state index >= 15 is 0 Å². The Morgan fingerprint density at radius 1 is 0.450 bits per heavy atom. The Morgan fingerprint density at radius 2 is 0.875 bits per heavy atom. The summed E-state index contributed by atoms with van der Waals surface area (Å²) in [5.74, 6) is -1.96. The second-order valence-corrected chi connectivity index (χ2v) is 19.1. The Bertz CT molecular complexity index is 4430. The summed E-state index contributed by atoms with van der Waals surface area (Å²) in [6, 6.07) is 51.6. The van der Waals surface area contributed by atoms with Gasteiger partial charge in [0.05, 0.1) is 33.6 Å². The number of carbonyl (C=O) groups is 6. The molecule has 0 unspecified atom stereocenters. The minimum atomic E-state index is -0.614. The number of rotatable bonds is 13. The van der Waals surface area contributed by atoms with Crippen molar-refractivity contribution >= 4 is 119 Å². The van der Waals surface area contributed by atoms with Crippen LogP contribution in [-0.4, -0.2) is 59.1 Å². The van der Waals surface area contributed by atoms with Crippen LogP contribution in [0.4, 0.5) is 44.6 Å². The number of anilines is 7. The van der Waals surface area contributed by atoms with Gasteiger partial charge in [0.1, 0.15) is 23.0 Å². The van der Waals surface area contributed by atoms with Crippen LogP contribution in [-0.2, 0) is 0 Å². The first kappa shape index (κ1) is 48.4. The second-order valence-electron chi connectivity index (χ2n) is 19.1. The van der Waals surface area contributed by atoms with Crippen LogP contribution >= 0.6 is 0 Å². The van der Waals surface area contributed by atoms with Crippen LogP contribution in [0.25, 0.3) is 43.6 Å². The molecule has 4 heterocycles. The van der Waals surface area contributed by atoms with Crippen molar-refractivity contribution in [1.29, 1.82) is 0 Å². The number of imide groups is 2. The van der Waals surface area contributed by atoms with Gasteiger partial charge in [0.15, 0.2) is 0 Å². The number of H-pyrrole nitrogens is 2. The summed E-state index contributed by atoms with van der Waals surface area (Å²) in [5, 5.41) is 19.3. The number of carbonyl (C=O) groups excluding carboxylic acids is 6.